The first-order valence-corrected chi connectivity index (χ1v) is 5.21. The van der Waals surface area contributed by atoms with Gasteiger partial charge in [-0.3, -0.25) is 14.4 Å². The fourth-order valence-electron chi connectivity index (χ4n) is 1.16. The van der Waals surface area contributed by atoms with Crippen LogP contribution in [0.15, 0.2) is 24.3 Å². The van der Waals surface area contributed by atoms with Crippen LogP contribution in [0.5, 0.6) is 0 Å². The molecule has 17 heavy (non-hydrogen) atoms. The first kappa shape index (κ1) is 13.2. The first-order chi connectivity index (χ1) is 7.99. The van der Waals surface area contributed by atoms with E-state index in [0.29, 0.717) is 11.3 Å². The molecule has 0 heterocycles. The third-order valence-corrected chi connectivity index (χ3v) is 1.99. The average molecular weight is 255 g/mol. The van der Waals surface area contributed by atoms with Crippen molar-refractivity contribution in [3.05, 3.63) is 29.8 Å². The maximum Gasteiger partial charge on any atom is 0.251 e. The molecule has 0 saturated heterocycles. The molecule has 0 radical (unpaired) electrons. The van der Waals surface area contributed by atoms with Crippen molar-refractivity contribution < 1.29 is 14.4 Å². The molecular weight excluding hydrogens is 244 g/mol. The molecule has 6 heteroatoms. The van der Waals surface area contributed by atoms with Crippen LogP contribution in [0.4, 0.5) is 5.69 Å². The summed E-state index contributed by atoms with van der Waals surface area (Å²) in [5, 5.41) is 4.29. The zero-order valence-electron chi connectivity index (χ0n) is 9.12. The average Bonchev–Trinajstić information content (AvgIpc) is 2.26. The Balaban J connectivity index is 2.63. The zero-order chi connectivity index (χ0) is 12.8. The summed E-state index contributed by atoms with van der Waals surface area (Å²) in [6.07, 6.45) is 0. The van der Waals surface area contributed by atoms with Crippen molar-refractivity contribution in [3.63, 3.8) is 0 Å². The van der Waals surface area contributed by atoms with Crippen LogP contribution in [-0.2, 0) is 9.59 Å². The third kappa shape index (κ3) is 4.65. The molecular formula is C11H11ClN2O3. The predicted molar refractivity (Wildman–Crippen MR) is 63.9 cm³/mol. The van der Waals surface area contributed by atoms with E-state index in [1.54, 1.807) is 24.3 Å². The van der Waals surface area contributed by atoms with Crippen molar-refractivity contribution in [2.24, 2.45) is 0 Å². The molecule has 0 aliphatic carbocycles. The number of carbonyl (C=O) groups excluding carboxylic acids is 3. The Morgan fingerprint density at radius 3 is 2.24 bits per heavy atom. The van der Waals surface area contributed by atoms with Crippen LogP contribution in [0.25, 0.3) is 0 Å². The van der Waals surface area contributed by atoms with Crippen molar-refractivity contribution in [2.45, 2.75) is 6.92 Å². The normalized spacial score (nSPS) is 9.53. The summed E-state index contributed by atoms with van der Waals surface area (Å²) in [7, 11) is 0. The van der Waals surface area contributed by atoms with Crippen LogP contribution in [0.2, 0.25) is 0 Å². The Morgan fingerprint density at radius 1 is 1.18 bits per heavy atom. The van der Waals surface area contributed by atoms with Crippen molar-refractivity contribution in [1.82, 2.24) is 5.32 Å². The Kier molecular flexibility index (Phi) is 4.66. The number of anilines is 1. The molecule has 2 N–H and O–H groups in total. The Labute approximate surface area is 103 Å². The minimum atomic E-state index is -0.631. The molecule has 0 spiro atoms. The van der Waals surface area contributed by atoms with E-state index in [2.05, 4.69) is 10.6 Å². The summed E-state index contributed by atoms with van der Waals surface area (Å²) in [5.41, 5.74) is 0.986. The number of hydrogen-bond donors (Lipinski definition) is 2. The largest absolute Gasteiger partial charge is 0.344 e. The highest BCUT2D eigenvalue weighted by atomic mass is 35.5. The van der Waals surface area contributed by atoms with E-state index in [1.807, 2.05) is 0 Å². The summed E-state index contributed by atoms with van der Waals surface area (Å²) in [6, 6.07) is 6.27. The fourth-order valence-corrected chi connectivity index (χ4v) is 1.23. The number of benzene rings is 1. The summed E-state index contributed by atoms with van der Waals surface area (Å²) in [4.78, 5) is 32.7. The Hall–Kier alpha value is -1.88. The maximum absolute atomic E-state index is 11.5. The smallest absolute Gasteiger partial charge is 0.251 e. The van der Waals surface area contributed by atoms with Crippen LogP contribution in [0, 0.1) is 0 Å². The fraction of sp³-hybridized carbons (Fsp3) is 0.182. The second kappa shape index (κ2) is 6.00. The van der Waals surface area contributed by atoms with E-state index in [9.17, 15) is 14.4 Å². The molecule has 0 aromatic heterocycles. The van der Waals surface area contributed by atoms with Gasteiger partial charge in [-0.1, -0.05) is 0 Å². The van der Waals surface area contributed by atoms with Gasteiger partial charge in [0.2, 0.25) is 11.1 Å². The lowest BCUT2D eigenvalue weighted by Gasteiger charge is -2.04. The predicted octanol–water partition coefficient (Wildman–Crippen LogP) is 1.14. The monoisotopic (exact) mass is 254 g/mol. The topological polar surface area (TPSA) is 75.3 Å². The quantitative estimate of drug-likeness (QED) is 0.791. The molecule has 0 saturated carbocycles. The lowest BCUT2D eigenvalue weighted by atomic mass is 10.2. The number of nitrogens with one attached hydrogen (secondary N) is 2. The molecule has 2 amide bonds. The SMILES string of the molecule is CC(=O)Nc1ccc(C(=O)NCC(=O)Cl)cc1. The van der Waals surface area contributed by atoms with Gasteiger partial charge in [0.25, 0.3) is 5.91 Å². The van der Waals surface area contributed by atoms with E-state index in [1.165, 1.54) is 6.92 Å². The highest BCUT2D eigenvalue weighted by Crippen LogP contribution is 2.09. The Bertz CT molecular complexity index is 443. The van der Waals surface area contributed by atoms with Gasteiger partial charge in [-0.15, -0.1) is 0 Å². The lowest BCUT2D eigenvalue weighted by molar-refractivity contribution is -0.114. The van der Waals surface area contributed by atoms with Gasteiger partial charge in [0.15, 0.2) is 0 Å². The molecule has 0 aliphatic heterocycles. The number of hydrogen-bond acceptors (Lipinski definition) is 3. The molecule has 1 rings (SSSR count). The number of rotatable bonds is 4. The van der Waals surface area contributed by atoms with Crippen LogP contribution in [-0.4, -0.2) is 23.6 Å². The maximum atomic E-state index is 11.5. The highest BCUT2D eigenvalue weighted by Gasteiger charge is 2.06. The van der Waals surface area contributed by atoms with Crippen LogP contribution in [0.1, 0.15) is 17.3 Å². The van der Waals surface area contributed by atoms with Gasteiger partial charge < -0.3 is 10.6 Å². The zero-order valence-corrected chi connectivity index (χ0v) is 9.88. The van der Waals surface area contributed by atoms with Gasteiger partial charge in [-0.05, 0) is 35.9 Å². The Morgan fingerprint density at radius 2 is 1.76 bits per heavy atom. The van der Waals surface area contributed by atoms with E-state index < -0.39 is 11.1 Å². The van der Waals surface area contributed by atoms with E-state index in [4.69, 9.17) is 11.6 Å². The summed E-state index contributed by atoms with van der Waals surface area (Å²) in [5.74, 6) is -0.580. The second-order valence-electron chi connectivity index (χ2n) is 3.30. The number of halogens is 1. The van der Waals surface area contributed by atoms with E-state index in [-0.39, 0.29) is 12.5 Å². The molecule has 0 atom stereocenters. The van der Waals surface area contributed by atoms with Crippen LogP contribution in [0.3, 0.4) is 0 Å². The van der Waals surface area contributed by atoms with Gasteiger partial charge in [-0.25, -0.2) is 0 Å². The molecule has 0 bridgehead atoms. The van der Waals surface area contributed by atoms with Gasteiger partial charge in [-0.2, -0.15) is 0 Å². The summed E-state index contributed by atoms with van der Waals surface area (Å²) < 4.78 is 0. The molecule has 90 valence electrons. The van der Waals surface area contributed by atoms with Crippen molar-refractivity contribution in [2.75, 3.05) is 11.9 Å². The van der Waals surface area contributed by atoms with Crippen molar-refractivity contribution in [3.8, 4) is 0 Å². The molecule has 0 fully saturated rings. The molecule has 1 aromatic rings. The number of amides is 2. The molecule has 1 aromatic carbocycles. The van der Waals surface area contributed by atoms with E-state index in [0.717, 1.165) is 0 Å². The molecule has 0 unspecified atom stereocenters. The first-order valence-electron chi connectivity index (χ1n) is 4.83. The van der Waals surface area contributed by atoms with E-state index >= 15 is 0 Å². The van der Waals surface area contributed by atoms with Gasteiger partial charge in [0.1, 0.15) is 0 Å². The molecule has 0 aliphatic rings. The minimum Gasteiger partial charge on any atom is -0.344 e. The number of carbonyl (C=O) groups is 3. The van der Waals surface area contributed by atoms with Gasteiger partial charge in [0.05, 0.1) is 6.54 Å². The van der Waals surface area contributed by atoms with Crippen LogP contribution >= 0.6 is 11.6 Å². The standard InChI is InChI=1S/C11H11ClN2O3/c1-7(15)14-9-4-2-8(3-5-9)11(17)13-6-10(12)16/h2-5H,6H2,1H3,(H,13,17)(H,14,15). The summed E-state index contributed by atoms with van der Waals surface area (Å²) in [6.45, 7) is 1.18. The van der Waals surface area contributed by atoms with Crippen LogP contribution < -0.4 is 10.6 Å². The highest BCUT2D eigenvalue weighted by molar-refractivity contribution is 6.64. The molecule has 5 nitrogen and oxygen atoms in total. The third-order valence-electron chi connectivity index (χ3n) is 1.86. The summed E-state index contributed by atoms with van der Waals surface area (Å²) >= 11 is 5.09. The van der Waals surface area contributed by atoms with Gasteiger partial charge >= 0.3 is 0 Å². The second-order valence-corrected chi connectivity index (χ2v) is 3.72. The van der Waals surface area contributed by atoms with Crippen molar-refractivity contribution in [1.29, 1.82) is 0 Å². The van der Waals surface area contributed by atoms with Gasteiger partial charge in [0, 0.05) is 18.2 Å². The minimum absolute atomic E-state index is 0.185. The lowest BCUT2D eigenvalue weighted by Crippen LogP contribution is -2.27. The van der Waals surface area contributed by atoms with Crippen molar-refractivity contribution >= 4 is 34.3 Å².